The molecule has 1 atom stereocenters. The molecule has 2 aliphatic heterocycles. The van der Waals surface area contributed by atoms with E-state index >= 15 is 0 Å². The van der Waals surface area contributed by atoms with E-state index in [4.69, 9.17) is 5.11 Å². The van der Waals surface area contributed by atoms with Crippen LogP contribution in [0.25, 0.3) is 0 Å². The van der Waals surface area contributed by atoms with Crippen LogP contribution in [-0.4, -0.2) is 52.9 Å². The highest BCUT2D eigenvalue weighted by Crippen LogP contribution is 2.39. The molecule has 0 saturated carbocycles. The molecule has 5 nitrogen and oxygen atoms in total. The van der Waals surface area contributed by atoms with Crippen molar-refractivity contribution in [1.29, 1.82) is 0 Å². The van der Waals surface area contributed by atoms with Crippen molar-refractivity contribution < 1.29 is 14.7 Å². The van der Waals surface area contributed by atoms with Crippen molar-refractivity contribution in [3.8, 4) is 0 Å². The highest BCUT2D eigenvalue weighted by molar-refractivity contribution is 5.79. The van der Waals surface area contributed by atoms with E-state index in [1.54, 1.807) is 0 Å². The Bertz CT molecular complexity index is 658. The number of aliphatic hydroxyl groups is 1. The highest BCUT2D eigenvalue weighted by atomic mass is 16.3. The summed E-state index contributed by atoms with van der Waals surface area (Å²) in [6, 6.07) is 7.60. The Balaban J connectivity index is 1.62. The molecule has 2 amide bonds. The monoisotopic (exact) mass is 372 g/mol. The number of hydrogen-bond acceptors (Lipinski definition) is 3. The number of unbranched alkanes of at least 4 members (excludes halogenated alkanes) is 1. The molecular formula is C22H32N2O3. The first-order valence-electron chi connectivity index (χ1n) is 10.3. The molecule has 27 heavy (non-hydrogen) atoms. The first-order valence-corrected chi connectivity index (χ1v) is 10.3. The normalized spacial score (nSPS) is 23.1. The van der Waals surface area contributed by atoms with Gasteiger partial charge in [-0.05, 0) is 36.8 Å². The van der Waals surface area contributed by atoms with Gasteiger partial charge in [-0.2, -0.15) is 0 Å². The van der Waals surface area contributed by atoms with Crippen LogP contribution in [0.2, 0.25) is 0 Å². The Morgan fingerprint density at radius 2 is 1.89 bits per heavy atom. The Hall–Kier alpha value is -1.88. The molecule has 5 heteroatoms. The molecule has 2 heterocycles. The summed E-state index contributed by atoms with van der Waals surface area (Å²) in [5.41, 5.74) is 1.93. The van der Waals surface area contributed by atoms with E-state index in [0.717, 1.165) is 69.4 Å². The van der Waals surface area contributed by atoms with Crippen molar-refractivity contribution in [2.24, 2.45) is 5.41 Å². The van der Waals surface area contributed by atoms with E-state index in [9.17, 15) is 9.59 Å². The van der Waals surface area contributed by atoms with Crippen LogP contribution in [0.15, 0.2) is 24.3 Å². The molecule has 3 rings (SSSR count). The van der Waals surface area contributed by atoms with E-state index in [-0.39, 0.29) is 23.8 Å². The number of amides is 2. The Morgan fingerprint density at radius 3 is 2.59 bits per heavy atom. The molecular weight excluding hydrogens is 340 g/mol. The van der Waals surface area contributed by atoms with Gasteiger partial charge in [0, 0.05) is 38.0 Å². The highest BCUT2D eigenvalue weighted by Gasteiger charge is 2.42. The van der Waals surface area contributed by atoms with E-state index in [1.807, 2.05) is 34.1 Å². The number of aliphatic hydroxyl groups excluding tert-OH is 1. The summed E-state index contributed by atoms with van der Waals surface area (Å²) in [4.78, 5) is 29.2. The number of rotatable bonds is 6. The van der Waals surface area contributed by atoms with Gasteiger partial charge in [-0.1, -0.05) is 37.6 Å². The number of hydrogen-bond donors (Lipinski definition) is 1. The van der Waals surface area contributed by atoms with Gasteiger partial charge >= 0.3 is 0 Å². The maximum Gasteiger partial charge on any atom is 0.227 e. The Labute approximate surface area is 162 Å². The second-order valence-electron chi connectivity index (χ2n) is 8.24. The Morgan fingerprint density at radius 1 is 1.15 bits per heavy atom. The van der Waals surface area contributed by atoms with Crippen LogP contribution in [0.4, 0.5) is 0 Å². The molecule has 0 radical (unpaired) electrons. The van der Waals surface area contributed by atoms with Crippen LogP contribution >= 0.6 is 0 Å². The maximum absolute atomic E-state index is 12.9. The van der Waals surface area contributed by atoms with E-state index in [1.165, 1.54) is 0 Å². The number of likely N-dealkylation sites (tertiary alicyclic amines) is 2. The molecule has 1 N–H and O–H groups in total. The van der Waals surface area contributed by atoms with Gasteiger partial charge in [0.2, 0.25) is 11.8 Å². The van der Waals surface area contributed by atoms with Crippen molar-refractivity contribution >= 4 is 11.8 Å². The van der Waals surface area contributed by atoms with Crippen molar-refractivity contribution in [2.45, 2.75) is 58.5 Å². The summed E-state index contributed by atoms with van der Waals surface area (Å²) in [6.07, 6.45) is 6.20. The largest absolute Gasteiger partial charge is 0.392 e. The van der Waals surface area contributed by atoms with Gasteiger partial charge in [-0.15, -0.1) is 0 Å². The fourth-order valence-electron chi connectivity index (χ4n) is 4.46. The lowest BCUT2D eigenvalue weighted by molar-refractivity contribution is -0.142. The van der Waals surface area contributed by atoms with Gasteiger partial charge < -0.3 is 14.9 Å². The molecule has 2 saturated heterocycles. The average Bonchev–Trinajstić information content (AvgIpc) is 2.69. The summed E-state index contributed by atoms with van der Waals surface area (Å²) in [5.74, 6) is 0.448. The van der Waals surface area contributed by atoms with Gasteiger partial charge in [0.15, 0.2) is 0 Å². The van der Waals surface area contributed by atoms with Crippen molar-refractivity contribution in [3.63, 3.8) is 0 Å². The van der Waals surface area contributed by atoms with E-state index in [0.29, 0.717) is 12.8 Å². The predicted octanol–water partition coefficient (Wildman–Crippen LogP) is 2.75. The molecule has 148 valence electrons. The third kappa shape index (κ3) is 4.89. The molecule has 1 unspecified atom stereocenters. The zero-order chi connectivity index (χ0) is 19.3. The van der Waals surface area contributed by atoms with Gasteiger partial charge in [0.25, 0.3) is 0 Å². The first kappa shape index (κ1) is 19.9. The minimum atomic E-state index is 0.0239. The lowest BCUT2D eigenvalue weighted by Crippen LogP contribution is -2.55. The van der Waals surface area contributed by atoms with Crippen LogP contribution in [0.5, 0.6) is 0 Å². The zero-order valence-electron chi connectivity index (χ0n) is 16.5. The fraction of sp³-hybridized carbons (Fsp3) is 0.636. The molecule has 0 aromatic heterocycles. The number of benzene rings is 1. The number of carbonyl (C=O) groups is 2. The third-order valence-electron chi connectivity index (χ3n) is 6.10. The average molecular weight is 373 g/mol. The Kier molecular flexibility index (Phi) is 6.53. The van der Waals surface area contributed by atoms with Gasteiger partial charge in [-0.3, -0.25) is 9.59 Å². The third-order valence-corrected chi connectivity index (χ3v) is 6.10. The lowest BCUT2D eigenvalue weighted by atomic mass is 9.73. The molecule has 0 aliphatic carbocycles. The smallest absolute Gasteiger partial charge is 0.227 e. The minimum absolute atomic E-state index is 0.0239. The predicted molar refractivity (Wildman–Crippen MR) is 105 cm³/mol. The zero-order valence-corrected chi connectivity index (χ0v) is 16.5. The fourth-order valence-corrected chi connectivity index (χ4v) is 4.46. The molecule has 1 aromatic rings. The van der Waals surface area contributed by atoms with Crippen LogP contribution in [-0.2, 0) is 22.6 Å². The van der Waals surface area contributed by atoms with Crippen LogP contribution in [0.3, 0.4) is 0 Å². The quantitative estimate of drug-likeness (QED) is 0.835. The van der Waals surface area contributed by atoms with Crippen molar-refractivity contribution in [2.75, 3.05) is 26.2 Å². The number of piperidine rings is 2. The number of carbonyl (C=O) groups excluding carboxylic acids is 2. The second kappa shape index (κ2) is 8.87. The van der Waals surface area contributed by atoms with Gasteiger partial charge in [0.1, 0.15) is 0 Å². The molecule has 2 aliphatic rings. The molecule has 2 fully saturated rings. The standard InChI is InChI=1S/C22H32N2O3/c1-2-3-12-23-16-22(11-9-20(23)26)10-4-13-24(17-22)21(27)14-18-5-7-19(15-25)8-6-18/h5-8,25H,2-4,9-17H2,1H3. The van der Waals surface area contributed by atoms with Crippen molar-refractivity contribution in [3.05, 3.63) is 35.4 Å². The van der Waals surface area contributed by atoms with Crippen LogP contribution in [0, 0.1) is 5.41 Å². The second-order valence-corrected chi connectivity index (χ2v) is 8.24. The maximum atomic E-state index is 12.9. The number of nitrogens with zero attached hydrogens (tertiary/aromatic N) is 2. The van der Waals surface area contributed by atoms with Gasteiger partial charge in [0.05, 0.1) is 13.0 Å². The summed E-state index contributed by atoms with van der Waals surface area (Å²) < 4.78 is 0. The summed E-state index contributed by atoms with van der Waals surface area (Å²) >= 11 is 0. The SMILES string of the molecule is CCCCN1CC2(CCCN(C(=O)Cc3ccc(CO)cc3)C2)CCC1=O. The molecule has 1 aromatic carbocycles. The van der Waals surface area contributed by atoms with E-state index in [2.05, 4.69) is 6.92 Å². The first-order chi connectivity index (χ1) is 13.0. The minimum Gasteiger partial charge on any atom is -0.392 e. The van der Waals surface area contributed by atoms with Crippen LogP contribution in [0.1, 0.15) is 56.6 Å². The lowest BCUT2D eigenvalue weighted by Gasteiger charge is -2.48. The topological polar surface area (TPSA) is 60.9 Å². The summed E-state index contributed by atoms with van der Waals surface area (Å²) in [7, 11) is 0. The molecule has 0 bridgehead atoms. The van der Waals surface area contributed by atoms with Gasteiger partial charge in [-0.25, -0.2) is 0 Å². The van der Waals surface area contributed by atoms with Crippen LogP contribution < -0.4 is 0 Å². The summed E-state index contributed by atoms with van der Waals surface area (Å²) in [5, 5.41) is 9.15. The van der Waals surface area contributed by atoms with Crippen molar-refractivity contribution in [1.82, 2.24) is 9.80 Å². The molecule has 1 spiro atoms. The summed E-state index contributed by atoms with van der Waals surface area (Å²) in [6.45, 7) is 5.42. The van der Waals surface area contributed by atoms with E-state index < -0.39 is 0 Å².